The van der Waals surface area contributed by atoms with Crippen molar-refractivity contribution >= 4 is 11.9 Å². The Bertz CT molecular complexity index is 283. The Balaban J connectivity index is 3.28. The number of esters is 1. The summed E-state index contributed by atoms with van der Waals surface area (Å²) in [5, 5.41) is 7.18. The lowest BCUT2D eigenvalue weighted by atomic mass is 10.1. The highest BCUT2D eigenvalue weighted by atomic mass is 16.5. The van der Waals surface area contributed by atoms with Crippen LogP contribution in [0.3, 0.4) is 0 Å². The molecule has 0 bridgehead atoms. The Hall–Kier alpha value is -1.26. The lowest BCUT2D eigenvalue weighted by Gasteiger charge is -2.16. The largest absolute Gasteiger partial charge is 0.464 e. The van der Waals surface area contributed by atoms with Gasteiger partial charge in [-0.3, -0.25) is 10.2 Å². The fourth-order valence-corrected chi connectivity index (χ4v) is 2.07. The number of carbonyl (C=O) groups excluding carboxylic acids is 1. The summed E-state index contributed by atoms with van der Waals surface area (Å²) in [6, 6.07) is 0. The van der Waals surface area contributed by atoms with Crippen molar-refractivity contribution in [3.63, 3.8) is 0 Å². The van der Waals surface area contributed by atoms with Gasteiger partial charge in [0, 0.05) is 13.5 Å². The molecule has 5 heteroatoms. The molecule has 0 amide bonds. The standard InChI is InChI=1S/C16H33N3O2/c1-3-4-5-6-7-8-9-10-11-12-15(20)21-14-13-19(2)16(17)18/h3-14H2,1-2H3,(H3,17,18). The van der Waals surface area contributed by atoms with Crippen LogP contribution in [0.1, 0.15) is 71.1 Å². The lowest BCUT2D eigenvalue weighted by molar-refractivity contribution is -0.143. The number of nitrogens with two attached hydrogens (primary N) is 1. The van der Waals surface area contributed by atoms with Crippen LogP contribution in [0.4, 0.5) is 0 Å². The maximum atomic E-state index is 11.5. The maximum Gasteiger partial charge on any atom is 0.305 e. The van der Waals surface area contributed by atoms with Crippen LogP contribution in [0.5, 0.6) is 0 Å². The third kappa shape index (κ3) is 13.5. The van der Waals surface area contributed by atoms with E-state index in [4.69, 9.17) is 15.9 Å². The molecule has 0 heterocycles. The second kappa shape index (κ2) is 13.7. The third-order valence-corrected chi connectivity index (χ3v) is 3.59. The van der Waals surface area contributed by atoms with Crippen molar-refractivity contribution < 1.29 is 9.53 Å². The predicted molar refractivity (Wildman–Crippen MR) is 87.3 cm³/mol. The smallest absolute Gasteiger partial charge is 0.305 e. The van der Waals surface area contributed by atoms with Crippen LogP contribution in [-0.4, -0.2) is 37.0 Å². The van der Waals surface area contributed by atoms with Gasteiger partial charge in [-0.15, -0.1) is 0 Å². The number of likely N-dealkylation sites (N-methyl/N-ethyl adjacent to an activating group) is 1. The highest BCUT2D eigenvalue weighted by Gasteiger charge is 2.04. The van der Waals surface area contributed by atoms with Gasteiger partial charge in [-0.25, -0.2) is 0 Å². The number of hydrogen-bond acceptors (Lipinski definition) is 3. The minimum Gasteiger partial charge on any atom is -0.464 e. The van der Waals surface area contributed by atoms with E-state index in [0.29, 0.717) is 19.6 Å². The first-order valence-corrected chi connectivity index (χ1v) is 8.28. The van der Waals surface area contributed by atoms with Crippen LogP contribution in [-0.2, 0) is 9.53 Å². The van der Waals surface area contributed by atoms with Gasteiger partial charge in [0.15, 0.2) is 5.96 Å². The molecule has 0 aromatic heterocycles. The topological polar surface area (TPSA) is 79.4 Å². The average molecular weight is 299 g/mol. The third-order valence-electron chi connectivity index (χ3n) is 3.59. The Kier molecular flexibility index (Phi) is 12.9. The highest BCUT2D eigenvalue weighted by molar-refractivity contribution is 5.74. The summed E-state index contributed by atoms with van der Waals surface area (Å²) in [5.41, 5.74) is 5.29. The van der Waals surface area contributed by atoms with Gasteiger partial charge in [0.2, 0.25) is 0 Å². The van der Waals surface area contributed by atoms with E-state index in [1.54, 1.807) is 11.9 Å². The molecule has 0 aromatic rings. The number of nitrogens with one attached hydrogen (secondary N) is 1. The molecule has 0 saturated carbocycles. The number of carbonyl (C=O) groups is 1. The highest BCUT2D eigenvalue weighted by Crippen LogP contribution is 2.10. The molecule has 0 radical (unpaired) electrons. The summed E-state index contributed by atoms with van der Waals surface area (Å²) in [7, 11) is 1.71. The number of rotatable bonds is 13. The molecule has 0 aliphatic rings. The minimum absolute atomic E-state index is 0.00927. The first kappa shape index (κ1) is 19.7. The zero-order chi connectivity index (χ0) is 15.9. The number of ether oxygens (including phenoxy) is 1. The van der Waals surface area contributed by atoms with Gasteiger partial charge < -0.3 is 15.4 Å². The molecule has 21 heavy (non-hydrogen) atoms. The number of nitrogens with zero attached hydrogens (tertiary/aromatic N) is 1. The Labute approximate surface area is 129 Å². The summed E-state index contributed by atoms with van der Waals surface area (Å²) in [6.07, 6.45) is 11.7. The molecule has 0 saturated heterocycles. The van der Waals surface area contributed by atoms with E-state index < -0.39 is 0 Å². The zero-order valence-corrected chi connectivity index (χ0v) is 13.8. The molecule has 0 unspecified atom stereocenters. The second-order valence-electron chi connectivity index (χ2n) is 5.61. The summed E-state index contributed by atoms with van der Waals surface area (Å²) in [6.45, 7) is 3.00. The summed E-state index contributed by atoms with van der Waals surface area (Å²) < 4.78 is 5.10. The van der Waals surface area contributed by atoms with Crippen molar-refractivity contribution in [3.05, 3.63) is 0 Å². The molecule has 3 N–H and O–H groups in total. The Morgan fingerprint density at radius 2 is 1.57 bits per heavy atom. The average Bonchev–Trinajstić information content (AvgIpc) is 2.45. The zero-order valence-electron chi connectivity index (χ0n) is 13.8. The van der Waals surface area contributed by atoms with Gasteiger partial charge in [-0.2, -0.15) is 0 Å². The lowest BCUT2D eigenvalue weighted by Crippen LogP contribution is -2.35. The SMILES string of the molecule is CCCCCCCCCCCC(=O)OCCN(C)C(=N)N. The first-order chi connectivity index (χ1) is 10.1. The van der Waals surface area contributed by atoms with Crippen LogP contribution < -0.4 is 5.73 Å². The van der Waals surface area contributed by atoms with Gasteiger partial charge in [-0.05, 0) is 6.42 Å². The van der Waals surface area contributed by atoms with Crippen LogP contribution in [0.15, 0.2) is 0 Å². The summed E-state index contributed by atoms with van der Waals surface area (Å²) in [4.78, 5) is 13.0. The number of unbranched alkanes of at least 4 members (excludes halogenated alkanes) is 8. The van der Waals surface area contributed by atoms with Gasteiger partial charge in [0.05, 0.1) is 6.54 Å². The van der Waals surface area contributed by atoms with Crippen molar-refractivity contribution in [1.82, 2.24) is 4.90 Å². The molecule has 0 aliphatic heterocycles. The normalized spacial score (nSPS) is 10.4. The molecular formula is C16H33N3O2. The molecule has 0 atom stereocenters. The molecule has 0 rings (SSSR count). The summed E-state index contributed by atoms with van der Waals surface area (Å²) >= 11 is 0. The number of hydrogen-bond donors (Lipinski definition) is 2. The van der Waals surface area contributed by atoms with Crippen molar-refractivity contribution in [2.75, 3.05) is 20.2 Å². The van der Waals surface area contributed by atoms with Crippen LogP contribution in [0.2, 0.25) is 0 Å². The van der Waals surface area contributed by atoms with Gasteiger partial charge in [0.25, 0.3) is 0 Å². The first-order valence-electron chi connectivity index (χ1n) is 8.28. The molecular weight excluding hydrogens is 266 g/mol. The quantitative estimate of drug-likeness (QED) is 0.237. The van der Waals surface area contributed by atoms with E-state index >= 15 is 0 Å². The van der Waals surface area contributed by atoms with Gasteiger partial charge in [0.1, 0.15) is 6.61 Å². The minimum atomic E-state index is -0.144. The molecule has 124 valence electrons. The van der Waals surface area contributed by atoms with Gasteiger partial charge in [-0.1, -0.05) is 58.3 Å². The Morgan fingerprint density at radius 3 is 2.10 bits per heavy atom. The fraction of sp³-hybridized carbons (Fsp3) is 0.875. The van der Waals surface area contributed by atoms with Crippen molar-refractivity contribution in [1.29, 1.82) is 5.41 Å². The van der Waals surface area contributed by atoms with Crippen LogP contribution in [0, 0.1) is 5.41 Å². The molecule has 0 aliphatic carbocycles. The molecule has 5 nitrogen and oxygen atoms in total. The predicted octanol–water partition coefficient (Wildman–Crippen LogP) is 3.28. The van der Waals surface area contributed by atoms with Crippen molar-refractivity contribution in [2.45, 2.75) is 71.1 Å². The van der Waals surface area contributed by atoms with Gasteiger partial charge >= 0.3 is 5.97 Å². The van der Waals surface area contributed by atoms with Crippen molar-refractivity contribution in [3.8, 4) is 0 Å². The van der Waals surface area contributed by atoms with E-state index in [1.807, 2.05) is 0 Å². The van der Waals surface area contributed by atoms with E-state index in [9.17, 15) is 4.79 Å². The number of guanidine groups is 1. The second-order valence-corrected chi connectivity index (χ2v) is 5.61. The van der Waals surface area contributed by atoms with E-state index in [0.717, 1.165) is 12.8 Å². The van der Waals surface area contributed by atoms with E-state index in [2.05, 4.69) is 6.92 Å². The molecule has 0 fully saturated rings. The van der Waals surface area contributed by atoms with E-state index in [1.165, 1.54) is 44.9 Å². The van der Waals surface area contributed by atoms with Crippen LogP contribution in [0.25, 0.3) is 0 Å². The fourth-order valence-electron chi connectivity index (χ4n) is 2.07. The van der Waals surface area contributed by atoms with Crippen LogP contribution >= 0.6 is 0 Å². The van der Waals surface area contributed by atoms with E-state index in [-0.39, 0.29) is 11.9 Å². The van der Waals surface area contributed by atoms with Crippen molar-refractivity contribution in [2.24, 2.45) is 5.73 Å². The monoisotopic (exact) mass is 299 g/mol. The Morgan fingerprint density at radius 1 is 1.05 bits per heavy atom. The molecule has 0 aromatic carbocycles. The maximum absolute atomic E-state index is 11.5. The summed E-state index contributed by atoms with van der Waals surface area (Å²) in [5.74, 6) is -0.153. The molecule has 0 spiro atoms.